The van der Waals surface area contributed by atoms with Crippen LogP contribution in [-0.2, 0) is 4.74 Å². The van der Waals surface area contributed by atoms with E-state index in [4.69, 9.17) is 4.74 Å². The molecule has 1 fully saturated rings. The van der Waals surface area contributed by atoms with Crippen LogP contribution in [0.5, 0.6) is 0 Å². The molecule has 0 radical (unpaired) electrons. The molecule has 1 atom stereocenters. The maximum atomic E-state index is 12.9. The van der Waals surface area contributed by atoms with Gasteiger partial charge in [-0.1, -0.05) is 59.4 Å². The number of rotatable bonds is 4. The van der Waals surface area contributed by atoms with E-state index >= 15 is 0 Å². The Balaban J connectivity index is 0. The number of cyclic esters (lactones) is 1. The molecule has 3 nitrogen and oxygen atoms in total. The van der Waals surface area contributed by atoms with Crippen molar-refractivity contribution in [2.75, 3.05) is 6.54 Å². The van der Waals surface area contributed by atoms with E-state index in [-0.39, 0.29) is 12.1 Å². The van der Waals surface area contributed by atoms with E-state index in [2.05, 4.69) is 11.9 Å². The first-order valence-electron chi connectivity index (χ1n) is 7.45. The SMILES string of the molecule is C=C/C=C(\C(=C/CC)C1CNC(=O)O1)C(F)(F)F.CC.CC. The van der Waals surface area contributed by atoms with Gasteiger partial charge in [-0.3, -0.25) is 0 Å². The molecule has 1 unspecified atom stereocenters. The first-order chi connectivity index (χ1) is 10.4. The molecule has 0 aromatic heterocycles. The third kappa shape index (κ3) is 7.33. The zero-order valence-electron chi connectivity index (χ0n) is 13.9. The van der Waals surface area contributed by atoms with Crippen LogP contribution in [-0.4, -0.2) is 24.9 Å². The fourth-order valence-corrected chi connectivity index (χ4v) is 1.67. The molecule has 0 saturated carbocycles. The number of halogens is 3. The van der Waals surface area contributed by atoms with Gasteiger partial charge in [0.1, 0.15) is 6.10 Å². The van der Waals surface area contributed by atoms with E-state index in [0.29, 0.717) is 6.42 Å². The van der Waals surface area contributed by atoms with Crippen LogP contribution in [0.1, 0.15) is 41.0 Å². The Bertz CT molecular complexity index is 399. The summed E-state index contributed by atoms with van der Waals surface area (Å²) in [5.74, 6) is 0. The lowest BCUT2D eigenvalue weighted by molar-refractivity contribution is -0.0906. The monoisotopic (exact) mass is 321 g/mol. The fourth-order valence-electron chi connectivity index (χ4n) is 1.67. The summed E-state index contributed by atoms with van der Waals surface area (Å²) in [5.41, 5.74) is -0.871. The molecule has 1 aliphatic rings. The summed E-state index contributed by atoms with van der Waals surface area (Å²) >= 11 is 0. The number of allylic oxidation sites excluding steroid dienone is 3. The number of alkyl carbamates (subject to hydrolysis) is 1. The molecule has 128 valence electrons. The Morgan fingerprint density at radius 1 is 1.36 bits per heavy atom. The summed E-state index contributed by atoms with van der Waals surface area (Å²) in [6, 6.07) is 0. The minimum Gasteiger partial charge on any atom is -0.439 e. The molecule has 1 N–H and O–H groups in total. The number of hydrogen-bond acceptors (Lipinski definition) is 2. The molecule has 1 saturated heterocycles. The van der Waals surface area contributed by atoms with Crippen LogP contribution in [0.25, 0.3) is 0 Å². The molecule has 0 spiro atoms. The van der Waals surface area contributed by atoms with Crippen LogP contribution in [0.2, 0.25) is 0 Å². The van der Waals surface area contributed by atoms with Crippen LogP contribution < -0.4 is 5.32 Å². The van der Waals surface area contributed by atoms with Crippen LogP contribution in [0.3, 0.4) is 0 Å². The van der Waals surface area contributed by atoms with E-state index in [0.717, 1.165) is 12.2 Å². The Labute approximate surface area is 130 Å². The van der Waals surface area contributed by atoms with E-state index in [9.17, 15) is 18.0 Å². The molecular weight excluding hydrogens is 295 g/mol. The predicted molar refractivity (Wildman–Crippen MR) is 83.7 cm³/mol. The zero-order valence-corrected chi connectivity index (χ0v) is 13.9. The molecule has 0 aromatic rings. The zero-order chi connectivity index (χ0) is 17.8. The predicted octanol–water partition coefficient (Wildman–Crippen LogP) is 5.16. The number of hydrogen-bond donors (Lipinski definition) is 1. The first-order valence-corrected chi connectivity index (χ1v) is 7.45. The lowest BCUT2D eigenvalue weighted by Crippen LogP contribution is -2.24. The third-order valence-corrected chi connectivity index (χ3v) is 2.35. The van der Waals surface area contributed by atoms with Crippen molar-refractivity contribution in [1.29, 1.82) is 0 Å². The summed E-state index contributed by atoms with van der Waals surface area (Å²) in [7, 11) is 0. The second-order valence-corrected chi connectivity index (χ2v) is 3.66. The third-order valence-electron chi connectivity index (χ3n) is 2.35. The molecular formula is C16H26F3NO2. The van der Waals surface area contributed by atoms with Crippen molar-refractivity contribution in [3.8, 4) is 0 Å². The number of nitrogens with one attached hydrogen (secondary N) is 1. The first kappa shape index (κ1) is 22.6. The maximum absolute atomic E-state index is 12.9. The summed E-state index contributed by atoms with van der Waals surface area (Å²) in [4.78, 5) is 10.9. The largest absolute Gasteiger partial charge is 0.439 e. The van der Waals surface area contributed by atoms with Gasteiger partial charge in [-0.15, -0.1) is 0 Å². The van der Waals surface area contributed by atoms with E-state index in [1.54, 1.807) is 6.92 Å². The van der Waals surface area contributed by atoms with Gasteiger partial charge in [0.05, 0.1) is 12.1 Å². The van der Waals surface area contributed by atoms with E-state index < -0.39 is 23.9 Å². The average molecular weight is 321 g/mol. The number of amides is 1. The van der Waals surface area contributed by atoms with E-state index in [1.165, 1.54) is 6.08 Å². The van der Waals surface area contributed by atoms with Gasteiger partial charge in [0.25, 0.3) is 0 Å². The van der Waals surface area contributed by atoms with Crippen LogP contribution in [0, 0.1) is 0 Å². The van der Waals surface area contributed by atoms with Gasteiger partial charge in [-0.05, 0) is 6.42 Å². The van der Waals surface area contributed by atoms with Gasteiger partial charge in [0.15, 0.2) is 0 Å². The minimum atomic E-state index is -4.51. The lowest BCUT2D eigenvalue weighted by Gasteiger charge is -2.18. The molecule has 0 bridgehead atoms. The van der Waals surface area contributed by atoms with Gasteiger partial charge >= 0.3 is 12.3 Å². The highest BCUT2D eigenvalue weighted by Crippen LogP contribution is 2.34. The van der Waals surface area contributed by atoms with Gasteiger partial charge in [-0.25, -0.2) is 4.79 Å². The van der Waals surface area contributed by atoms with Gasteiger partial charge in [0, 0.05) is 5.57 Å². The van der Waals surface area contributed by atoms with Crippen LogP contribution in [0.15, 0.2) is 36.0 Å². The summed E-state index contributed by atoms with van der Waals surface area (Å²) in [6.07, 6.45) is -2.36. The van der Waals surface area contributed by atoms with Crippen LogP contribution >= 0.6 is 0 Å². The average Bonchev–Trinajstić information content (AvgIpc) is 2.92. The summed E-state index contributed by atoms with van der Waals surface area (Å²) in [6.45, 7) is 13.0. The van der Waals surface area contributed by atoms with Gasteiger partial charge in [0.2, 0.25) is 0 Å². The Hall–Kier alpha value is -1.72. The molecule has 1 aliphatic heterocycles. The normalized spacial score (nSPS) is 18.2. The molecule has 1 amide bonds. The Morgan fingerprint density at radius 3 is 2.23 bits per heavy atom. The number of alkyl halides is 3. The Morgan fingerprint density at radius 2 is 1.91 bits per heavy atom. The standard InChI is InChI=1S/C12H14F3NO2.2C2H6/c1-3-5-8(10-7-16-11(17)18-10)9(6-4-2)12(13,14)15;2*1-2/h4-6,10H,2-3,7H2,1H3,(H,16,17);2*1-2H3/b8-5+,9-6+;;. The highest BCUT2D eigenvalue weighted by atomic mass is 19.4. The topological polar surface area (TPSA) is 38.3 Å². The summed E-state index contributed by atoms with van der Waals surface area (Å²) in [5, 5.41) is 2.33. The maximum Gasteiger partial charge on any atom is 0.416 e. The highest BCUT2D eigenvalue weighted by Gasteiger charge is 2.40. The number of ether oxygens (including phenoxy) is 1. The van der Waals surface area contributed by atoms with Gasteiger partial charge < -0.3 is 10.1 Å². The van der Waals surface area contributed by atoms with Crippen molar-refractivity contribution in [2.45, 2.75) is 53.3 Å². The van der Waals surface area contributed by atoms with Crippen molar-refractivity contribution < 1.29 is 22.7 Å². The second kappa shape index (κ2) is 11.9. The number of carbonyl (C=O) groups is 1. The van der Waals surface area contributed by atoms with E-state index in [1.807, 2.05) is 27.7 Å². The van der Waals surface area contributed by atoms with Crippen molar-refractivity contribution >= 4 is 6.09 Å². The molecule has 22 heavy (non-hydrogen) atoms. The smallest absolute Gasteiger partial charge is 0.416 e. The molecule has 6 heteroatoms. The Kier molecular flexibility index (Phi) is 12.2. The quantitative estimate of drug-likeness (QED) is 0.726. The molecule has 1 heterocycles. The fraction of sp³-hybridized carbons (Fsp3) is 0.562. The molecule has 0 aromatic carbocycles. The van der Waals surface area contributed by atoms with Crippen LogP contribution in [0.4, 0.5) is 18.0 Å². The highest BCUT2D eigenvalue weighted by molar-refractivity contribution is 5.70. The van der Waals surface area contributed by atoms with Gasteiger partial charge in [-0.2, -0.15) is 13.2 Å². The summed E-state index contributed by atoms with van der Waals surface area (Å²) < 4.78 is 43.5. The number of carbonyl (C=O) groups excluding carboxylic acids is 1. The van der Waals surface area contributed by atoms with Crippen molar-refractivity contribution in [3.63, 3.8) is 0 Å². The molecule has 0 aliphatic carbocycles. The van der Waals surface area contributed by atoms with Crippen molar-refractivity contribution in [2.24, 2.45) is 0 Å². The van der Waals surface area contributed by atoms with Crippen molar-refractivity contribution in [3.05, 3.63) is 36.0 Å². The molecule has 1 rings (SSSR count). The minimum absolute atomic E-state index is 0.0369. The van der Waals surface area contributed by atoms with Crippen molar-refractivity contribution in [1.82, 2.24) is 5.32 Å². The second-order valence-electron chi connectivity index (χ2n) is 3.66. The lowest BCUT2D eigenvalue weighted by atomic mass is 9.98.